The summed E-state index contributed by atoms with van der Waals surface area (Å²) >= 11 is 17.9. The summed E-state index contributed by atoms with van der Waals surface area (Å²) in [6, 6.07) is 3.97. The van der Waals surface area contributed by atoms with E-state index in [9.17, 15) is 0 Å². The predicted molar refractivity (Wildman–Crippen MR) is 81.8 cm³/mol. The number of hydrogen-bond donors (Lipinski definition) is 1. The maximum absolute atomic E-state index is 6.08. The van der Waals surface area contributed by atoms with Gasteiger partial charge in [0.25, 0.3) is 0 Å². The first-order valence-electron chi connectivity index (χ1n) is 6.38. The summed E-state index contributed by atoms with van der Waals surface area (Å²) in [5, 5.41) is 4.89. The third-order valence-corrected chi connectivity index (χ3v) is 4.06. The van der Waals surface area contributed by atoms with Gasteiger partial charge in [-0.15, -0.1) is 0 Å². The molecule has 0 saturated heterocycles. The fourth-order valence-corrected chi connectivity index (χ4v) is 2.24. The molecule has 1 saturated carbocycles. The molecule has 0 atom stereocenters. The van der Waals surface area contributed by atoms with Crippen LogP contribution in [0.5, 0.6) is 5.75 Å². The highest BCUT2D eigenvalue weighted by atomic mass is 35.5. The zero-order valence-corrected chi connectivity index (χ0v) is 13.4. The Morgan fingerprint density at radius 3 is 2.42 bits per heavy atom. The van der Waals surface area contributed by atoms with E-state index in [0.717, 1.165) is 6.54 Å². The third kappa shape index (κ3) is 4.71. The molecule has 0 radical (unpaired) electrons. The summed E-state index contributed by atoms with van der Waals surface area (Å²) in [5.74, 6) is 0.579. The van der Waals surface area contributed by atoms with Crippen LogP contribution in [0.3, 0.4) is 0 Å². The molecule has 1 aliphatic carbocycles. The lowest BCUT2D eigenvalue weighted by Gasteiger charge is -2.25. The Kier molecular flexibility index (Phi) is 4.88. The van der Waals surface area contributed by atoms with E-state index in [1.54, 1.807) is 12.1 Å². The van der Waals surface area contributed by atoms with E-state index in [0.29, 0.717) is 33.5 Å². The number of benzene rings is 1. The van der Waals surface area contributed by atoms with Gasteiger partial charge in [-0.1, -0.05) is 48.7 Å². The summed E-state index contributed by atoms with van der Waals surface area (Å²) in [5.41, 5.74) is 0.0397. The highest BCUT2D eigenvalue weighted by Gasteiger charge is 2.26. The van der Waals surface area contributed by atoms with Gasteiger partial charge in [0.15, 0.2) is 0 Å². The maximum Gasteiger partial charge on any atom is 0.139 e. The molecule has 1 fully saturated rings. The first kappa shape index (κ1) is 15.2. The van der Waals surface area contributed by atoms with E-state index in [1.165, 1.54) is 12.8 Å². The molecular formula is C14H18Cl3NO. The standard InChI is InChI=1S/C14H18Cl3NO/c1-14(2,7-18-9-3-4-9)8-19-13-6-11(16)10(15)5-12(13)17/h5-6,9,18H,3-4,7-8H2,1-2H3. The van der Waals surface area contributed by atoms with Crippen LogP contribution < -0.4 is 10.1 Å². The van der Waals surface area contributed by atoms with E-state index in [4.69, 9.17) is 39.5 Å². The fourth-order valence-electron chi connectivity index (χ4n) is 1.65. The van der Waals surface area contributed by atoms with Crippen molar-refractivity contribution in [2.45, 2.75) is 32.7 Å². The van der Waals surface area contributed by atoms with Gasteiger partial charge in [-0.25, -0.2) is 0 Å². The van der Waals surface area contributed by atoms with Crippen LogP contribution in [0.1, 0.15) is 26.7 Å². The second kappa shape index (κ2) is 6.09. The van der Waals surface area contributed by atoms with Crippen LogP contribution in [-0.4, -0.2) is 19.2 Å². The molecule has 1 aromatic carbocycles. The number of halogens is 3. The lowest BCUT2D eigenvalue weighted by molar-refractivity contribution is 0.176. The highest BCUT2D eigenvalue weighted by Crippen LogP contribution is 2.34. The average Bonchev–Trinajstić information content (AvgIpc) is 3.14. The van der Waals surface area contributed by atoms with Gasteiger partial charge in [-0.2, -0.15) is 0 Å². The minimum absolute atomic E-state index is 0.0397. The number of nitrogens with one attached hydrogen (secondary N) is 1. The second-order valence-corrected chi connectivity index (χ2v) is 7.03. The zero-order chi connectivity index (χ0) is 14.0. The van der Waals surface area contributed by atoms with E-state index < -0.39 is 0 Å². The fraction of sp³-hybridized carbons (Fsp3) is 0.571. The summed E-state index contributed by atoms with van der Waals surface area (Å²) < 4.78 is 5.78. The van der Waals surface area contributed by atoms with Crippen molar-refractivity contribution in [1.29, 1.82) is 0 Å². The monoisotopic (exact) mass is 321 g/mol. The van der Waals surface area contributed by atoms with E-state index in [2.05, 4.69) is 19.2 Å². The Hall–Kier alpha value is -0.150. The van der Waals surface area contributed by atoms with Crippen molar-refractivity contribution in [3.8, 4) is 5.75 Å². The predicted octanol–water partition coefficient (Wildman–Crippen LogP) is 4.80. The molecule has 1 N–H and O–H groups in total. The number of rotatable bonds is 6. The Morgan fingerprint density at radius 2 is 1.79 bits per heavy atom. The van der Waals surface area contributed by atoms with Gasteiger partial charge in [0, 0.05) is 24.1 Å². The average molecular weight is 323 g/mol. The molecule has 1 aromatic rings. The number of ether oxygens (including phenoxy) is 1. The van der Waals surface area contributed by atoms with Crippen LogP contribution in [0.15, 0.2) is 12.1 Å². The minimum Gasteiger partial charge on any atom is -0.491 e. The first-order valence-corrected chi connectivity index (χ1v) is 7.51. The molecule has 0 unspecified atom stereocenters. The normalized spacial score (nSPS) is 15.6. The van der Waals surface area contributed by atoms with Gasteiger partial charge < -0.3 is 10.1 Å². The quantitative estimate of drug-likeness (QED) is 0.759. The molecule has 19 heavy (non-hydrogen) atoms. The smallest absolute Gasteiger partial charge is 0.139 e. The lowest BCUT2D eigenvalue weighted by atomic mass is 9.95. The minimum atomic E-state index is 0.0397. The summed E-state index contributed by atoms with van der Waals surface area (Å²) in [6.45, 7) is 5.82. The summed E-state index contributed by atoms with van der Waals surface area (Å²) in [6.07, 6.45) is 2.57. The van der Waals surface area contributed by atoms with Gasteiger partial charge in [-0.3, -0.25) is 0 Å². The van der Waals surface area contributed by atoms with Crippen molar-refractivity contribution in [3.05, 3.63) is 27.2 Å². The molecule has 5 heteroatoms. The van der Waals surface area contributed by atoms with Gasteiger partial charge in [0.2, 0.25) is 0 Å². The second-order valence-electron chi connectivity index (χ2n) is 5.80. The molecule has 0 aromatic heterocycles. The molecule has 0 heterocycles. The molecule has 106 valence electrons. The maximum atomic E-state index is 6.08. The molecule has 0 spiro atoms. The molecule has 0 aliphatic heterocycles. The summed E-state index contributed by atoms with van der Waals surface area (Å²) in [7, 11) is 0. The van der Waals surface area contributed by atoms with Crippen LogP contribution in [0.25, 0.3) is 0 Å². The Morgan fingerprint density at radius 1 is 1.16 bits per heavy atom. The number of hydrogen-bond acceptors (Lipinski definition) is 2. The van der Waals surface area contributed by atoms with Gasteiger partial charge >= 0.3 is 0 Å². The van der Waals surface area contributed by atoms with E-state index in [1.807, 2.05) is 0 Å². The Bertz CT molecular complexity index is 458. The molecule has 1 aliphatic rings. The van der Waals surface area contributed by atoms with Crippen LogP contribution in [0.4, 0.5) is 0 Å². The van der Waals surface area contributed by atoms with E-state index >= 15 is 0 Å². The molecule has 2 rings (SSSR count). The largest absolute Gasteiger partial charge is 0.491 e. The van der Waals surface area contributed by atoms with Gasteiger partial charge in [-0.05, 0) is 18.9 Å². The lowest BCUT2D eigenvalue weighted by Crippen LogP contribution is -2.35. The summed E-state index contributed by atoms with van der Waals surface area (Å²) in [4.78, 5) is 0. The molecular weight excluding hydrogens is 305 g/mol. The van der Waals surface area contributed by atoms with Gasteiger partial charge in [0.05, 0.1) is 21.7 Å². The van der Waals surface area contributed by atoms with E-state index in [-0.39, 0.29) is 5.41 Å². The molecule has 0 amide bonds. The zero-order valence-electron chi connectivity index (χ0n) is 11.1. The van der Waals surface area contributed by atoms with Crippen molar-refractivity contribution in [3.63, 3.8) is 0 Å². The molecule has 2 nitrogen and oxygen atoms in total. The van der Waals surface area contributed by atoms with Crippen molar-refractivity contribution in [2.75, 3.05) is 13.2 Å². The first-order chi connectivity index (χ1) is 8.87. The Labute approximate surface area is 129 Å². The van der Waals surface area contributed by atoms with Crippen LogP contribution in [-0.2, 0) is 0 Å². The van der Waals surface area contributed by atoms with Crippen molar-refractivity contribution < 1.29 is 4.74 Å². The van der Waals surface area contributed by atoms with Crippen molar-refractivity contribution >= 4 is 34.8 Å². The van der Waals surface area contributed by atoms with Crippen molar-refractivity contribution in [1.82, 2.24) is 5.32 Å². The third-order valence-electron chi connectivity index (χ3n) is 3.04. The topological polar surface area (TPSA) is 21.3 Å². The Balaban J connectivity index is 1.91. The van der Waals surface area contributed by atoms with Crippen LogP contribution >= 0.6 is 34.8 Å². The SMILES string of the molecule is CC(C)(CNC1CC1)COc1cc(Cl)c(Cl)cc1Cl. The van der Waals surface area contributed by atoms with Crippen molar-refractivity contribution in [2.24, 2.45) is 5.41 Å². The van der Waals surface area contributed by atoms with Gasteiger partial charge in [0.1, 0.15) is 5.75 Å². The van der Waals surface area contributed by atoms with Crippen LogP contribution in [0.2, 0.25) is 15.1 Å². The molecule has 0 bridgehead atoms. The van der Waals surface area contributed by atoms with Crippen LogP contribution in [0, 0.1) is 5.41 Å². The highest BCUT2D eigenvalue weighted by molar-refractivity contribution is 6.43.